The Balaban J connectivity index is 3.95. The van der Waals surface area contributed by atoms with Crippen molar-refractivity contribution < 1.29 is 37.0 Å². The van der Waals surface area contributed by atoms with E-state index in [1.54, 1.807) is 20.8 Å². The summed E-state index contributed by atoms with van der Waals surface area (Å²) in [5.74, 6) is -0.369. The molecular formula is C8H20O8P2. The summed E-state index contributed by atoms with van der Waals surface area (Å²) in [4.78, 5) is 18.2. The third kappa shape index (κ3) is 9.19. The molecule has 0 saturated heterocycles. The number of hydrogen-bond acceptors (Lipinski definition) is 6. The Hall–Kier alpha value is 0.220. The topological polar surface area (TPSA) is 112 Å². The van der Waals surface area contributed by atoms with E-state index in [1.807, 2.05) is 0 Å². The molecule has 0 aliphatic carbocycles. The minimum atomic E-state index is -4.04. The predicted octanol–water partition coefficient (Wildman–Crippen LogP) is 1.93. The summed E-state index contributed by atoms with van der Waals surface area (Å²) in [6.07, 6.45) is 0. The van der Waals surface area contributed by atoms with Crippen LogP contribution in [0.15, 0.2) is 0 Å². The molecule has 0 aromatic rings. The highest BCUT2D eigenvalue weighted by Gasteiger charge is 2.24. The maximum atomic E-state index is 11.2. The van der Waals surface area contributed by atoms with Crippen LogP contribution in [0, 0.1) is 5.92 Å². The fourth-order valence-electron chi connectivity index (χ4n) is 0.892. The zero-order chi connectivity index (χ0) is 14.2. The summed E-state index contributed by atoms with van der Waals surface area (Å²) in [6.45, 7) is 4.56. The number of phosphoric acid groups is 2. The zero-order valence-corrected chi connectivity index (χ0v) is 12.4. The van der Waals surface area contributed by atoms with Gasteiger partial charge in [0.1, 0.15) is 0 Å². The first-order chi connectivity index (χ1) is 8.22. The molecule has 2 atom stereocenters. The van der Waals surface area contributed by atoms with Crippen molar-refractivity contribution in [1.82, 2.24) is 0 Å². The molecule has 0 aliphatic heterocycles. The standard InChI is InChI=1S/C8H20O8P2/c1-4-13-17(9,10)15-6-8(3)7-16-18(11,12)14-5-2/h8H,4-7H2,1-3H3,(H,9,10)(H,11,12). The summed E-state index contributed by atoms with van der Waals surface area (Å²) >= 11 is 0. The molecule has 18 heavy (non-hydrogen) atoms. The molecule has 0 aliphatic rings. The van der Waals surface area contributed by atoms with E-state index in [0.29, 0.717) is 0 Å². The van der Waals surface area contributed by atoms with Gasteiger partial charge in [-0.1, -0.05) is 6.92 Å². The lowest BCUT2D eigenvalue weighted by molar-refractivity contribution is 0.102. The summed E-state index contributed by atoms with van der Waals surface area (Å²) in [5.41, 5.74) is 0. The first kappa shape index (κ1) is 18.2. The van der Waals surface area contributed by atoms with Crippen LogP contribution in [0.1, 0.15) is 20.8 Å². The molecule has 110 valence electrons. The van der Waals surface area contributed by atoms with Gasteiger partial charge in [-0.15, -0.1) is 0 Å². The van der Waals surface area contributed by atoms with Crippen molar-refractivity contribution in [2.45, 2.75) is 20.8 Å². The van der Waals surface area contributed by atoms with E-state index in [9.17, 15) is 9.13 Å². The molecule has 0 radical (unpaired) electrons. The van der Waals surface area contributed by atoms with E-state index in [0.717, 1.165) is 0 Å². The van der Waals surface area contributed by atoms with Crippen molar-refractivity contribution in [2.24, 2.45) is 5.92 Å². The van der Waals surface area contributed by atoms with Crippen molar-refractivity contribution in [1.29, 1.82) is 0 Å². The van der Waals surface area contributed by atoms with E-state index in [-0.39, 0.29) is 32.3 Å². The van der Waals surface area contributed by atoms with E-state index in [1.165, 1.54) is 0 Å². The normalized spacial score (nSPS) is 20.1. The smallest absolute Gasteiger partial charge is 0.302 e. The van der Waals surface area contributed by atoms with E-state index >= 15 is 0 Å². The highest BCUT2D eigenvalue weighted by atomic mass is 31.2. The molecule has 0 bridgehead atoms. The molecule has 0 spiro atoms. The van der Waals surface area contributed by atoms with Crippen molar-refractivity contribution in [3.8, 4) is 0 Å². The van der Waals surface area contributed by atoms with Gasteiger partial charge in [-0.2, -0.15) is 0 Å². The van der Waals surface area contributed by atoms with Gasteiger partial charge in [-0.25, -0.2) is 9.13 Å². The zero-order valence-electron chi connectivity index (χ0n) is 10.6. The molecule has 0 heterocycles. The van der Waals surface area contributed by atoms with Crippen molar-refractivity contribution in [2.75, 3.05) is 26.4 Å². The van der Waals surface area contributed by atoms with E-state index in [2.05, 4.69) is 18.1 Å². The highest BCUT2D eigenvalue weighted by Crippen LogP contribution is 2.45. The minimum Gasteiger partial charge on any atom is -0.302 e. The fourth-order valence-corrected chi connectivity index (χ4v) is 2.58. The lowest BCUT2D eigenvalue weighted by atomic mass is 10.2. The van der Waals surface area contributed by atoms with Gasteiger partial charge in [-0.3, -0.25) is 18.1 Å². The summed E-state index contributed by atoms with van der Waals surface area (Å²) in [7, 11) is -8.08. The Kier molecular flexibility index (Phi) is 8.51. The molecular weight excluding hydrogens is 286 g/mol. The van der Waals surface area contributed by atoms with Gasteiger partial charge in [0, 0.05) is 5.92 Å². The summed E-state index contributed by atoms with van der Waals surface area (Å²) in [5, 5.41) is 0. The third-order valence-corrected chi connectivity index (χ3v) is 3.75. The van der Waals surface area contributed by atoms with Crippen LogP contribution in [0.4, 0.5) is 0 Å². The van der Waals surface area contributed by atoms with Gasteiger partial charge < -0.3 is 9.79 Å². The van der Waals surface area contributed by atoms with Gasteiger partial charge in [0.05, 0.1) is 26.4 Å². The maximum Gasteiger partial charge on any atom is 0.472 e. The second-order valence-corrected chi connectivity index (χ2v) is 6.38. The lowest BCUT2D eigenvalue weighted by Crippen LogP contribution is -2.12. The molecule has 2 N–H and O–H groups in total. The molecule has 10 heteroatoms. The van der Waals surface area contributed by atoms with Gasteiger partial charge in [-0.05, 0) is 13.8 Å². The molecule has 0 aromatic carbocycles. The number of rotatable bonds is 10. The van der Waals surface area contributed by atoms with Crippen LogP contribution in [0.5, 0.6) is 0 Å². The Morgan fingerprint density at radius 2 is 1.22 bits per heavy atom. The first-order valence-electron chi connectivity index (χ1n) is 5.46. The Morgan fingerprint density at radius 1 is 0.889 bits per heavy atom. The Labute approximate surface area is 106 Å². The van der Waals surface area contributed by atoms with Gasteiger partial charge in [0.2, 0.25) is 0 Å². The maximum absolute atomic E-state index is 11.2. The minimum absolute atomic E-state index is 0.0504. The fraction of sp³-hybridized carbons (Fsp3) is 1.00. The molecule has 0 amide bonds. The average molecular weight is 306 g/mol. The van der Waals surface area contributed by atoms with E-state index in [4.69, 9.17) is 9.79 Å². The number of hydrogen-bond donors (Lipinski definition) is 2. The second kappa shape index (κ2) is 8.40. The van der Waals surface area contributed by atoms with Gasteiger partial charge in [0.25, 0.3) is 0 Å². The largest absolute Gasteiger partial charge is 0.472 e. The summed E-state index contributed by atoms with van der Waals surface area (Å²) in [6, 6.07) is 0. The molecule has 0 saturated carbocycles. The molecule has 2 unspecified atom stereocenters. The molecule has 0 aromatic heterocycles. The highest BCUT2D eigenvalue weighted by molar-refractivity contribution is 7.47. The van der Waals surface area contributed by atoms with Crippen LogP contribution in [0.3, 0.4) is 0 Å². The van der Waals surface area contributed by atoms with Crippen LogP contribution < -0.4 is 0 Å². The molecule has 0 fully saturated rings. The number of phosphoric ester groups is 2. The molecule has 0 rings (SSSR count). The van der Waals surface area contributed by atoms with Crippen LogP contribution in [-0.2, 0) is 27.2 Å². The van der Waals surface area contributed by atoms with Crippen LogP contribution in [-0.4, -0.2) is 36.2 Å². The quantitative estimate of drug-likeness (QED) is 0.589. The summed E-state index contributed by atoms with van der Waals surface area (Å²) < 4.78 is 40.6. The van der Waals surface area contributed by atoms with Crippen molar-refractivity contribution >= 4 is 15.6 Å². The Bertz CT molecular complexity index is 290. The van der Waals surface area contributed by atoms with E-state index < -0.39 is 15.6 Å². The average Bonchev–Trinajstić information content (AvgIpc) is 2.24. The van der Waals surface area contributed by atoms with Gasteiger partial charge >= 0.3 is 15.6 Å². The van der Waals surface area contributed by atoms with Gasteiger partial charge in [0.15, 0.2) is 0 Å². The monoisotopic (exact) mass is 306 g/mol. The predicted molar refractivity (Wildman–Crippen MR) is 64.0 cm³/mol. The lowest BCUT2D eigenvalue weighted by Gasteiger charge is -2.16. The van der Waals surface area contributed by atoms with Crippen LogP contribution in [0.2, 0.25) is 0 Å². The van der Waals surface area contributed by atoms with Crippen molar-refractivity contribution in [3.05, 3.63) is 0 Å². The van der Waals surface area contributed by atoms with Crippen LogP contribution >= 0.6 is 15.6 Å². The first-order valence-corrected chi connectivity index (χ1v) is 8.45. The third-order valence-electron chi connectivity index (χ3n) is 1.63. The van der Waals surface area contributed by atoms with Crippen LogP contribution in [0.25, 0.3) is 0 Å². The molecule has 8 nitrogen and oxygen atoms in total. The van der Waals surface area contributed by atoms with Crippen molar-refractivity contribution in [3.63, 3.8) is 0 Å². The SMILES string of the molecule is CCOP(=O)(O)OCC(C)COP(=O)(O)OCC. The second-order valence-electron chi connectivity index (χ2n) is 3.47. The Morgan fingerprint density at radius 3 is 1.50 bits per heavy atom.